The average Bonchev–Trinajstić information content (AvgIpc) is 2.87. The van der Waals surface area contributed by atoms with Gasteiger partial charge in [-0.15, -0.1) is 0 Å². The van der Waals surface area contributed by atoms with Gasteiger partial charge < -0.3 is 20.2 Å². The zero-order chi connectivity index (χ0) is 14.8. The number of hydrogen-bond donors (Lipinski definition) is 2. The monoisotopic (exact) mass is 283 g/mol. The lowest BCUT2D eigenvalue weighted by Gasteiger charge is -2.31. The van der Waals surface area contributed by atoms with Crippen LogP contribution in [0, 0.1) is 5.41 Å². The van der Waals surface area contributed by atoms with E-state index in [2.05, 4.69) is 17.3 Å². The molecule has 0 spiro atoms. The molecular formula is C14H25N3O3. The van der Waals surface area contributed by atoms with Crippen LogP contribution in [-0.2, 0) is 4.79 Å². The number of amides is 2. The number of carbonyl (C=O) groups excluding carboxylic acids is 1. The number of nitrogens with one attached hydrogen (secondary N) is 1. The Kier molecular flexibility index (Phi) is 4.52. The summed E-state index contributed by atoms with van der Waals surface area (Å²) in [6.07, 6.45) is 3.06. The molecule has 0 aromatic heterocycles. The smallest absolute Gasteiger partial charge is 0.317 e. The van der Waals surface area contributed by atoms with Crippen molar-refractivity contribution in [2.24, 2.45) is 5.41 Å². The number of rotatable bonds is 3. The predicted molar refractivity (Wildman–Crippen MR) is 75.6 cm³/mol. The van der Waals surface area contributed by atoms with Crippen molar-refractivity contribution >= 4 is 12.0 Å². The minimum atomic E-state index is -0.783. The van der Waals surface area contributed by atoms with Crippen LogP contribution in [0.1, 0.15) is 32.6 Å². The van der Waals surface area contributed by atoms with Crippen molar-refractivity contribution in [1.29, 1.82) is 0 Å². The number of likely N-dealkylation sites (tertiary alicyclic amines) is 2. The van der Waals surface area contributed by atoms with Crippen molar-refractivity contribution in [3.05, 3.63) is 0 Å². The fraction of sp³-hybridized carbons (Fsp3) is 0.857. The fourth-order valence-electron chi connectivity index (χ4n) is 3.08. The lowest BCUT2D eigenvalue weighted by Crippen LogP contribution is -2.48. The molecule has 2 aliphatic rings. The third-order valence-corrected chi connectivity index (χ3v) is 4.82. The number of carbonyl (C=O) groups is 2. The molecule has 2 heterocycles. The van der Waals surface area contributed by atoms with Crippen LogP contribution in [0.25, 0.3) is 0 Å². The van der Waals surface area contributed by atoms with Crippen LogP contribution in [0.5, 0.6) is 0 Å². The van der Waals surface area contributed by atoms with Gasteiger partial charge in [0.25, 0.3) is 0 Å². The summed E-state index contributed by atoms with van der Waals surface area (Å²) in [6, 6.07) is 0.122. The molecule has 2 aliphatic heterocycles. The summed E-state index contributed by atoms with van der Waals surface area (Å²) in [4.78, 5) is 27.5. The highest BCUT2D eigenvalue weighted by Gasteiger charge is 2.44. The maximum absolute atomic E-state index is 12.2. The van der Waals surface area contributed by atoms with Crippen LogP contribution in [-0.4, -0.2) is 66.2 Å². The number of piperidine rings is 1. The summed E-state index contributed by atoms with van der Waals surface area (Å²) in [5.41, 5.74) is -0.746. The third kappa shape index (κ3) is 3.06. The van der Waals surface area contributed by atoms with E-state index in [0.717, 1.165) is 25.9 Å². The number of hydrogen-bond acceptors (Lipinski definition) is 3. The van der Waals surface area contributed by atoms with Gasteiger partial charge in [0, 0.05) is 19.1 Å². The Balaban J connectivity index is 1.87. The Labute approximate surface area is 120 Å². The minimum absolute atomic E-state index is 0.101. The highest BCUT2D eigenvalue weighted by atomic mass is 16.4. The average molecular weight is 283 g/mol. The van der Waals surface area contributed by atoms with E-state index in [-0.39, 0.29) is 12.1 Å². The molecule has 2 amide bonds. The summed E-state index contributed by atoms with van der Waals surface area (Å²) >= 11 is 0. The Bertz CT molecular complexity index is 380. The van der Waals surface area contributed by atoms with Crippen molar-refractivity contribution in [2.75, 3.05) is 33.2 Å². The van der Waals surface area contributed by atoms with Crippen LogP contribution in [0.3, 0.4) is 0 Å². The topological polar surface area (TPSA) is 72.9 Å². The van der Waals surface area contributed by atoms with Crippen LogP contribution in [0.4, 0.5) is 4.79 Å². The van der Waals surface area contributed by atoms with Gasteiger partial charge >= 0.3 is 12.0 Å². The molecule has 0 aromatic carbocycles. The van der Waals surface area contributed by atoms with Crippen LogP contribution >= 0.6 is 0 Å². The molecule has 1 unspecified atom stereocenters. The lowest BCUT2D eigenvalue weighted by molar-refractivity contribution is -0.148. The first kappa shape index (κ1) is 15.1. The molecule has 1 atom stereocenters. The van der Waals surface area contributed by atoms with E-state index < -0.39 is 11.4 Å². The first-order chi connectivity index (χ1) is 9.47. The Morgan fingerprint density at radius 2 is 1.95 bits per heavy atom. The summed E-state index contributed by atoms with van der Waals surface area (Å²) in [7, 11) is 2.08. The molecule has 6 heteroatoms. The van der Waals surface area contributed by atoms with Gasteiger partial charge in [-0.2, -0.15) is 0 Å². The molecule has 0 radical (unpaired) electrons. The van der Waals surface area contributed by atoms with E-state index >= 15 is 0 Å². The number of carboxylic acids is 1. The molecule has 2 saturated heterocycles. The second kappa shape index (κ2) is 5.99. The highest BCUT2D eigenvalue weighted by molar-refractivity contribution is 5.79. The van der Waals surface area contributed by atoms with E-state index in [1.165, 1.54) is 0 Å². The molecule has 2 rings (SSSR count). The van der Waals surface area contributed by atoms with E-state index in [4.69, 9.17) is 0 Å². The van der Waals surface area contributed by atoms with Crippen molar-refractivity contribution in [3.8, 4) is 0 Å². The molecular weight excluding hydrogens is 258 g/mol. The number of carboxylic acid groups (broad SMARTS) is 1. The molecule has 0 aromatic rings. The fourth-order valence-corrected chi connectivity index (χ4v) is 3.08. The zero-order valence-electron chi connectivity index (χ0n) is 12.4. The Hall–Kier alpha value is -1.30. The van der Waals surface area contributed by atoms with Crippen LogP contribution in [0.2, 0.25) is 0 Å². The first-order valence-corrected chi connectivity index (χ1v) is 7.44. The third-order valence-electron chi connectivity index (χ3n) is 4.82. The van der Waals surface area contributed by atoms with Gasteiger partial charge in [0.15, 0.2) is 0 Å². The zero-order valence-corrected chi connectivity index (χ0v) is 12.4. The van der Waals surface area contributed by atoms with Gasteiger partial charge in [-0.1, -0.05) is 6.92 Å². The molecule has 2 N–H and O–H groups in total. The SMILES string of the molecule is CCC1(C(=O)O)CCN(C(=O)NC2CCN(C)CC2)C1. The second-order valence-corrected chi connectivity index (χ2v) is 6.14. The largest absolute Gasteiger partial charge is 0.481 e. The maximum Gasteiger partial charge on any atom is 0.317 e. The normalized spacial score (nSPS) is 28.6. The van der Waals surface area contributed by atoms with Crippen LogP contribution < -0.4 is 5.32 Å². The first-order valence-electron chi connectivity index (χ1n) is 7.44. The van der Waals surface area contributed by atoms with Crippen molar-refractivity contribution in [3.63, 3.8) is 0 Å². The van der Waals surface area contributed by atoms with Gasteiger partial charge in [-0.05, 0) is 45.8 Å². The Morgan fingerprint density at radius 3 is 2.45 bits per heavy atom. The van der Waals surface area contributed by atoms with E-state index in [9.17, 15) is 14.7 Å². The van der Waals surface area contributed by atoms with Crippen molar-refractivity contribution in [1.82, 2.24) is 15.1 Å². The van der Waals surface area contributed by atoms with Crippen molar-refractivity contribution in [2.45, 2.75) is 38.6 Å². The molecule has 0 bridgehead atoms. The maximum atomic E-state index is 12.2. The van der Waals surface area contributed by atoms with Gasteiger partial charge in [0.2, 0.25) is 0 Å². The Morgan fingerprint density at radius 1 is 1.30 bits per heavy atom. The number of aliphatic carboxylic acids is 1. The molecule has 0 aliphatic carbocycles. The molecule has 6 nitrogen and oxygen atoms in total. The van der Waals surface area contributed by atoms with Crippen LogP contribution in [0.15, 0.2) is 0 Å². The molecule has 0 saturated carbocycles. The van der Waals surface area contributed by atoms with Gasteiger partial charge in [0.1, 0.15) is 0 Å². The van der Waals surface area contributed by atoms with E-state index in [1.54, 1.807) is 4.90 Å². The van der Waals surface area contributed by atoms with Gasteiger partial charge in [-0.3, -0.25) is 4.79 Å². The summed E-state index contributed by atoms with van der Waals surface area (Å²) in [5, 5.41) is 12.4. The molecule has 2 fully saturated rings. The summed E-state index contributed by atoms with van der Waals surface area (Å²) < 4.78 is 0. The molecule has 114 valence electrons. The summed E-state index contributed by atoms with van der Waals surface area (Å²) in [5.74, 6) is -0.783. The number of nitrogens with zero attached hydrogens (tertiary/aromatic N) is 2. The standard InChI is InChI=1S/C14H25N3O3/c1-3-14(12(18)19)6-9-17(10-14)13(20)15-11-4-7-16(2)8-5-11/h11H,3-10H2,1-2H3,(H,15,20)(H,18,19). The molecule has 20 heavy (non-hydrogen) atoms. The highest BCUT2D eigenvalue weighted by Crippen LogP contribution is 2.34. The number of urea groups is 1. The summed E-state index contributed by atoms with van der Waals surface area (Å²) in [6.45, 7) is 4.75. The van der Waals surface area contributed by atoms with Gasteiger partial charge in [-0.25, -0.2) is 4.79 Å². The second-order valence-electron chi connectivity index (χ2n) is 6.14. The van der Waals surface area contributed by atoms with Gasteiger partial charge in [0.05, 0.1) is 5.41 Å². The van der Waals surface area contributed by atoms with E-state index in [0.29, 0.717) is 25.9 Å². The predicted octanol–water partition coefficient (Wildman–Crippen LogP) is 0.977. The van der Waals surface area contributed by atoms with E-state index in [1.807, 2.05) is 6.92 Å². The van der Waals surface area contributed by atoms with Crippen molar-refractivity contribution < 1.29 is 14.7 Å². The minimum Gasteiger partial charge on any atom is -0.481 e. The lowest BCUT2D eigenvalue weighted by atomic mass is 9.84. The quantitative estimate of drug-likeness (QED) is 0.810.